The van der Waals surface area contributed by atoms with Gasteiger partial charge in [0.05, 0.1) is 0 Å². The fourth-order valence-electron chi connectivity index (χ4n) is 2.62. The molecule has 0 aliphatic carbocycles. The summed E-state index contributed by atoms with van der Waals surface area (Å²) in [6, 6.07) is 0. The van der Waals surface area contributed by atoms with Crippen LogP contribution in [0.3, 0.4) is 0 Å². The van der Waals surface area contributed by atoms with Gasteiger partial charge in [0.15, 0.2) is 6.23 Å². The van der Waals surface area contributed by atoms with Crippen molar-refractivity contribution in [3.63, 3.8) is 0 Å². The van der Waals surface area contributed by atoms with E-state index in [1.54, 1.807) is 0 Å². The molecule has 0 saturated carbocycles. The highest BCUT2D eigenvalue weighted by molar-refractivity contribution is 5.69. The van der Waals surface area contributed by atoms with E-state index >= 15 is 0 Å². The minimum Gasteiger partial charge on any atom is -0.445 e. The lowest BCUT2D eigenvalue weighted by Crippen LogP contribution is -2.34. The van der Waals surface area contributed by atoms with E-state index in [4.69, 9.17) is 16.2 Å². The van der Waals surface area contributed by atoms with Crippen molar-refractivity contribution in [1.29, 1.82) is 0 Å². The fraction of sp³-hybridized carbons (Fsp3) is 0.850. The van der Waals surface area contributed by atoms with Crippen LogP contribution in [0.1, 0.15) is 96.8 Å². The fourth-order valence-corrected chi connectivity index (χ4v) is 2.62. The minimum atomic E-state index is -0.652. The second-order valence-corrected chi connectivity index (χ2v) is 6.60. The predicted octanol–water partition coefficient (Wildman–Crippen LogP) is 4.81. The standard InChI is InChI=1S/C20H40N2O2/c1-2-3-4-5-6-7-8-9-10-11-12-13-14-15-16-17-20(23)24-19(22)18-21/h9-10,19H,2-8,11-18,21-22H2,1H3. The Kier molecular flexibility index (Phi) is 17.8. The second-order valence-electron chi connectivity index (χ2n) is 6.60. The predicted molar refractivity (Wildman–Crippen MR) is 103 cm³/mol. The molecule has 0 rings (SSSR count). The number of nitrogens with two attached hydrogens (primary N) is 2. The average molecular weight is 341 g/mol. The zero-order valence-corrected chi connectivity index (χ0v) is 15.8. The first-order chi connectivity index (χ1) is 11.7. The summed E-state index contributed by atoms with van der Waals surface area (Å²) >= 11 is 0. The van der Waals surface area contributed by atoms with E-state index in [1.165, 1.54) is 70.6 Å². The number of ether oxygens (including phenoxy) is 1. The molecule has 4 heteroatoms. The van der Waals surface area contributed by atoms with E-state index in [9.17, 15) is 4.79 Å². The molecular weight excluding hydrogens is 300 g/mol. The molecule has 0 saturated heterocycles. The summed E-state index contributed by atoms with van der Waals surface area (Å²) in [5.74, 6) is -0.231. The van der Waals surface area contributed by atoms with Crippen molar-refractivity contribution in [3.05, 3.63) is 12.2 Å². The van der Waals surface area contributed by atoms with Crippen LogP contribution in [0.25, 0.3) is 0 Å². The molecular formula is C20H40N2O2. The summed E-state index contributed by atoms with van der Waals surface area (Å²) in [5, 5.41) is 0. The van der Waals surface area contributed by atoms with Crippen molar-refractivity contribution in [2.45, 2.75) is 103 Å². The summed E-state index contributed by atoms with van der Waals surface area (Å²) in [5.41, 5.74) is 10.8. The van der Waals surface area contributed by atoms with E-state index in [0.717, 1.165) is 12.8 Å². The molecule has 0 bridgehead atoms. The van der Waals surface area contributed by atoms with Crippen LogP contribution in [0.5, 0.6) is 0 Å². The number of hydrogen-bond acceptors (Lipinski definition) is 4. The van der Waals surface area contributed by atoms with Crippen molar-refractivity contribution in [2.75, 3.05) is 6.54 Å². The molecule has 0 aromatic rings. The Bertz CT molecular complexity index is 306. The SMILES string of the molecule is CCCCCCCCC=CCCCCCCCC(=O)OC(N)CN. The van der Waals surface area contributed by atoms with Crippen molar-refractivity contribution in [2.24, 2.45) is 11.5 Å². The van der Waals surface area contributed by atoms with Gasteiger partial charge in [0.25, 0.3) is 0 Å². The Balaban J connectivity index is 3.22. The molecule has 0 spiro atoms. The Morgan fingerprint density at radius 2 is 1.38 bits per heavy atom. The maximum Gasteiger partial charge on any atom is 0.307 e. The Morgan fingerprint density at radius 1 is 0.875 bits per heavy atom. The van der Waals surface area contributed by atoms with Crippen LogP contribution in [0.15, 0.2) is 12.2 Å². The third kappa shape index (κ3) is 17.5. The maximum atomic E-state index is 11.4. The lowest BCUT2D eigenvalue weighted by Gasteiger charge is -2.10. The van der Waals surface area contributed by atoms with Crippen molar-refractivity contribution in [3.8, 4) is 0 Å². The van der Waals surface area contributed by atoms with Crippen LogP contribution >= 0.6 is 0 Å². The molecule has 0 aromatic carbocycles. The normalized spacial score (nSPS) is 12.6. The van der Waals surface area contributed by atoms with E-state index in [0.29, 0.717) is 6.42 Å². The van der Waals surface area contributed by atoms with Gasteiger partial charge in [-0.1, -0.05) is 70.4 Å². The van der Waals surface area contributed by atoms with E-state index in [2.05, 4.69) is 19.1 Å². The third-order valence-electron chi connectivity index (χ3n) is 4.16. The lowest BCUT2D eigenvalue weighted by atomic mass is 10.1. The van der Waals surface area contributed by atoms with Gasteiger partial charge in [-0.15, -0.1) is 0 Å². The first-order valence-corrected chi connectivity index (χ1v) is 10.0. The highest BCUT2D eigenvalue weighted by Crippen LogP contribution is 2.10. The first-order valence-electron chi connectivity index (χ1n) is 10.0. The quantitative estimate of drug-likeness (QED) is 0.172. The first kappa shape index (κ1) is 23.1. The maximum absolute atomic E-state index is 11.4. The molecule has 24 heavy (non-hydrogen) atoms. The Morgan fingerprint density at radius 3 is 1.92 bits per heavy atom. The zero-order chi connectivity index (χ0) is 17.9. The van der Waals surface area contributed by atoms with E-state index < -0.39 is 6.23 Å². The van der Waals surface area contributed by atoms with Gasteiger partial charge in [0.1, 0.15) is 0 Å². The highest BCUT2D eigenvalue weighted by atomic mass is 16.6. The van der Waals surface area contributed by atoms with Crippen LogP contribution in [-0.4, -0.2) is 18.7 Å². The summed E-state index contributed by atoms with van der Waals surface area (Å²) in [6.45, 7) is 2.44. The van der Waals surface area contributed by atoms with Gasteiger partial charge in [-0.25, -0.2) is 0 Å². The molecule has 0 aliphatic heterocycles. The smallest absolute Gasteiger partial charge is 0.307 e. The number of carbonyl (C=O) groups excluding carboxylic acids is 1. The molecule has 4 nitrogen and oxygen atoms in total. The second kappa shape index (κ2) is 18.5. The average Bonchev–Trinajstić information content (AvgIpc) is 2.58. The van der Waals surface area contributed by atoms with Gasteiger partial charge in [-0.3, -0.25) is 10.5 Å². The van der Waals surface area contributed by atoms with Crippen molar-refractivity contribution >= 4 is 5.97 Å². The van der Waals surface area contributed by atoms with Gasteiger partial charge in [-0.05, 0) is 32.1 Å². The van der Waals surface area contributed by atoms with Gasteiger partial charge in [0, 0.05) is 13.0 Å². The van der Waals surface area contributed by atoms with Crippen LogP contribution in [0.2, 0.25) is 0 Å². The summed E-state index contributed by atoms with van der Waals surface area (Å²) in [7, 11) is 0. The van der Waals surface area contributed by atoms with Crippen molar-refractivity contribution < 1.29 is 9.53 Å². The molecule has 0 aliphatic rings. The van der Waals surface area contributed by atoms with Gasteiger partial charge >= 0.3 is 5.97 Å². The molecule has 0 heterocycles. The molecule has 0 fully saturated rings. The molecule has 0 aromatic heterocycles. The van der Waals surface area contributed by atoms with Crippen LogP contribution in [0, 0.1) is 0 Å². The number of hydrogen-bond donors (Lipinski definition) is 2. The van der Waals surface area contributed by atoms with E-state index in [-0.39, 0.29) is 12.5 Å². The largest absolute Gasteiger partial charge is 0.445 e. The molecule has 1 atom stereocenters. The van der Waals surface area contributed by atoms with Crippen LogP contribution in [-0.2, 0) is 9.53 Å². The number of unbranched alkanes of at least 4 members (excludes halogenated alkanes) is 11. The highest BCUT2D eigenvalue weighted by Gasteiger charge is 2.07. The lowest BCUT2D eigenvalue weighted by molar-refractivity contribution is -0.148. The minimum absolute atomic E-state index is 0.179. The number of allylic oxidation sites excluding steroid dienone is 2. The molecule has 0 amide bonds. The molecule has 4 N–H and O–H groups in total. The number of esters is 1. The zero-order valence-electron chi connectivity index (χ0n) is 15.8. The van der Waals surface area contributed by atoms with Crippen molar-refractivity contribution in [1.82, 2.24) is 0 Å². The van der Waals surface area contributed by atoms with Gasteiger partial charge in [0.2, 0.25) is 0 Å². The number of carbonyl (C=O) groups is 1. The monoisotopic (exact) mass is 340 g/mol. The molecule has 0 radical (unpaired) electrons. The summed E-state index contributed by atoms with van der Waals surface area (Å²) in [6.07, 6.45) is 20.7. The van der Waals surface area contributed by atoms with Crippen LogP contribution in [0.4, 0.5) is 0 Å². The van der Waals surface area contributed by atoms with Crippen LogP contribution < -0.4 is 11.5 Å². The molecule has 142 valence electrons. The van der Waals surface area contributed by atoms with E-state index in [1.807, 2.05) is 0 Å². The topological polar surface area (TPSA) is 78.3 Å². The summed E-state index contributed by atoms with van der Waals surface area (Å²) < 4.78 is 4.92. The van der Waals surface area contributed by atoms with Gasteiger partial charge in [-0.2, -0.15) is 0 Å². The molecule has 1 unspecified atom stereocenters. The Labute approximate surface area is 149 Å². The number of rotatable bonds is 17. The Hall–Kier alpha value is -0.870. The van der Waals surface area contributed by atoms with Gasteiger partial charge < -0.3 is 10.5 Å². The third-order valence-corrected chi connectivity index (χ3v) is 4.16. The summed E-state index contributed by atoms with van der Waals surface area (Å²) in [4.78, 5) is 11.4.